The smallest absolute Gasteiger partial charge is 0.423 e. The van der Waals surface area contributed by atoms with E-state index in [-0.39, 0.29) is 22.0 Å². The van der Waals surface area contributed by atoms with E-state index < -0.39 is 15.4 Å². The van der Waals surface area contributed by atoms with E-state index in [9.17, 15) is 10.0 Å². The number of aryl methyl sites for hydroxylation is 3. The fourth-order valence-electron chi connectivity index (χ4n) is 5.26. The second kappa shape index (κ2) is 11.8. The molecule has 3 nitrogen and oxygen atoms in total. The summed E-state index contributed by atoms with van der Waals surface area (Å²) in [4.78, 5) is 0. The lowest BCUT2D eigenvalue weighted by Gasteiger charge is -2.43. The molecule has 2 aromatic rings. The molecule has 0 radical (unpaired) electrons. The molecule has 1 atom stereocenters. The number of rotatable bonds is 10. The molecule has 1 unspecified atom stereocenters. The van der Waals surface area contributed by atoms with Gasteiger partial charge in [0.25, 0.3) is 0 Å². The van der Waals surface area contributed by atoms with Gasteiger partial charge in [-0.25, -0.2) is 0 Å². The van der Waals surface area contributed by atoms with Crippen molar-refractivity contribution in [2.75, 3.05) is 0 Å². The standard InChI is InChI=1S/C32H53BO3Si/c1-13-32(14-2,27-18-19-28(33(34)35)24(4)22-27)26-17-15-25(23(3)21-26)16-20-29(30(5,6)7)36-37(11,12)31(8,9)10/h15,17-19,21-22,29,34-35H,13-14,16,20H2,1-12H3. The van der Waals surface area contributed by atoms with E-state index in [1.165, 1.54) is 22.3 Å². The van der Waals surface area contributed by atoms with Gasteiger partial charge in [-0.1, -0.05) is 97.4 Å². The summed E-state index contributed by atoms with van der Waals surface area (Å²) in [7, 11) is -3.30. The molecule has 0 aliphatic carbocycles. The van der Waals surface area contributed by atoms with Gasteiger partial charge in [-0.3, -0.25) is 0 Å². The first kappa shape index (κ1) is 31.8. The second-order valence-corrected chi connectivity index (χ2v) is 18.4. The summed E-state index contributed by atoms with van der Waals surface area (Å²) in [6, 6.07) is 13.1. The van der Waals surface area contributed by atoms with Gasteiger partial charge in [-0.05, 0) is 90.8 Å². The minimum absolute atomic E-state index is 0.0924. The minimum Gasteiger partial charge on any atom is -0.423 e. The summed E-state index contributed by atoms with van der Waals surface area (Å²) in [6.45, 7) is 27.3. The Hall–Kier alpha value is -1.40. The van der Waals surface area contributed by atoms with Gasteiger partial charge in [-0.2, -0.15) is 0 Å². The summed E-state index contributed by atoms with van der Waals surface area (Å²) in [5, 5.41) is 19.6. The predicted octanol–water partition coefficient (Wildman–Crippen LogP) is 7.46. The van der Waals surface area contributed by atoms with Gasteiger partial charge in [-0.15, -0.1) is 0 Å². The van der Waals surface area contributed by atoms with Crippen LogP contribution in [0.25, 0.3) is 0 Å². The Morgan fingerprint density at radius 2 is 1.35 bits per heavy atom. The number of hydrogen-bond acceptors (Lipinski definition) is 3. The maximum Gasteiger partial charge on any atom is 0.488 e. The first-order valence-corrected chi connectivity index (χ1v) is 17.1. The van der Waals surface area contributed by atoms with Crippen LogP contribution in [-0.2, 0) is 16.3 Å². The summed E-state index contributed by atoms with van der Waals surface area (Å²) in [6.07, 6.45) is 4.22. The molecule has 0 bridgehead atoms. The van der Waals surface area contributed by atoms with Crippen LogP contribution in [0.1, 0.15) is 102 Å². The van der Waals surface area contributed by atoms with E-state index in [0.29, 0.717) is 5.46 Å². The molecule has 5 heteroatoms. The van der Waals surface area contributed by atoms with Crippen LogP contribution < -0.4 is 5.46 Å². The third kappa shape index (κ3) is 7.17. The summed E-state index contributed by atoms with van der Waals surface area (Å²) < 4.78 is 6.94. The minimum atomic E-state index is -1.86. The fourth-order valence-corrected chi connectivity index (χ4v) is 6.79. The molecule has 0 spiro atoms. The molecule has 2 rings (SSSR count). The van der Waals surface area contributed by atoms with Crippen molar-refractivity contribution in [3.8, 4) is 0 Å². The monoisotopic (exact) mass is 524 g/mol. The lowest BCUT2D eigenvalue weighted by atomic mass is 9.68. The molecule has 0 aliphatic rings. The van der Waals surface area contributed by atoms with Crippen LogP contribution in [0.2, 0.25) is 18.1 Å². The number of hydrogen-bond donors (Lipinski definition) is 2. The van der Waals surface area contributed by atoms with Crippen molar-refractivity contribution in [3.63, 3.8) is 0 Å². The third-order valence-electron chi connectivity index (χ3n) is 9.09. The Bertz CT molecular complexity index is 1040. The molecule has 2 N–H and O–H groups in total. The highest BCUT2D eigenvalue weighted by Gasteiger charge is 2.41. The molecule has 206 valence electrons. The highest BCUT2D eigenvalue weighted by molar-refractivity contribution is 6.74. The SMILES string of the molecule is CCC(CC)(c1ccc(CCC(O[Si](C)(C)C(C)(C)C)C(C)(C)C)c(C)c1)c1ccc(B(O)O)c(C)c1. The van der Waals surface area contributed by atoms with Gasteiger partial charge in [0, 0.05) is 5.41 Å². The average Bonchev–Trinajstić information content (AvgIpc) is 2.77. The largest absolute Gasteiger partial charge is 0.488 e. The van der Waals surface area contributed by atoms with E-state index in [2.05, 4.69) is 106 Å². The number of benzene rings is 2. The maximum atomic E-state index is 9.69. The highest BCUT2D eigenvalue weighted by Crippen LogP contribution is 2.42. The second-order valence-electron chi connectivity index (χ2n) is 13.6. The normalized spacial score (nSPS) is 14.1. The van der Waals surface area contributed by atoms with Crippen molar-refractivity contribution in [3.05, 3.63) is 64.2 Å². The van der Waals surface area contributed by atoms with Crippen LogP contribution in [0, 0.1) is 19.3 Å². The van der Waals surface area contributed by atoms with Crippen LogP contribution >= 0.6 is 0 Å². The Morgan fingerprint density at radius 1 is 0.838 bits per heavy atom. The van der Waals surface area contributed by atoms with Crippen molar-refractivity contribution in [1.29, 1.82) is 0 Å². The van der Waals surface area contributed by atoms with Crippen molar-refractivity contribution in [1.82, 2.24) is 0 Å². The molecule has 0 aliphatic heterocycles. The highest BCUT2D eigenvalue weighted by atomic mass is 28.4. The molecule has 0 saturated carbocycles. The molecule has 0 aromatic heterocycles. The molecule has 0 fully saturated rings. The van der Waals surface area contributed by atoms with Crippen molar-refractivity contribution < 1.29 is 14.5 Å². The molecule has 0 saturated heterocycles. The van der Waals surface area contributed by atoms with E-state index in [1.54, 1.807) is 0 Å². The Labute approximate surface area is 229 Å². The van der Waals surface area contributed by atoms with Gasteiger partial charge in [0.1, 0.15) is 0 Å². The first-order valence-electron chi connectivity index (χ1n) is 14.1. The topological polar surface area (TPSA) is 49.7 Å². The zero-order chi connectivity index (χ0) is 28.4. The Balaban J connectivity index is 2.36. The average molecular weight is 525 g/mol. The van der Waals surface area contributed by atoms with Crippen LogP contribution in [0.3, 0.4) is 0 Å². The summed E-state index contributed by atoms with van der Waals surface area (Å²) >= 11 is 0. The van der Waals surface area contributed by atoms with Gasteiger partial charge in [0.2, 0.25) is 0 Å². The fraction of sp³-hybridized carbons (Fsp3) is 0.625. The predicted molar refractivity (Wildman–Crippen MR) is 163 cm³/mol. The molecular formula is C32H53BO3Si. The van der Waals surface area contributed by atoms with E-state index in [0.717, 1.165) is 31.2 Å². The van der Waals surface area contributed by atoms with Crippen LogP contribution in [0.15, 0.2) is 36.4 Å². The molecule has 37 heavy (non-hydrogen) atoms. The van der Waals surface area contributed by atoms with Gasteiger partial charge >= 0.3 is 7.12 Å². The molecular weight excluding hydrogens is 471 g/mol. The Kier molecular flexibility index (Phi) is 10.1. The van der Waals surface area contributed by atoms with Crippen LogP contribution in [-0.4, -0.2) is 31.6 Å². The lowest BCUT2D eigenvalue weighted by molar-refractivity contribution is 0.0657. The zero-order valence-corrected chi connectivity index (χ0v) is 26.7. The van der Waals surface area contributed by atoms with E-state index in [1.807, 2.05) is 13.0 Å². The van der Waals surface area contributed by atoms with Gasteiger partial charge in [0.05, 0.1) is 6.10 Å². The zero-order valence-electron chi connectivity index (χ0n) is 25.7. The lowest BCUT2D eigenvalue weighted by Crippen LogP contribution is -2.47. The van der Waals surface area contributed by atoms with Crippen molar-refractivity contribution >= 4 is 20.9 Å². The van der Waals surface area contributed by atoms with Crippen molar-refractivity contribution in [2.24, 2.45) is 5.41 Å². The van der Waals surface area contributed by atoms with E-state index in [4.69, 9.17) is 4.43 Å². The third-order valence-corrected chi connectivity index (χ3v) is 13.6. The Morgan fingerprint density at radius 3 is 1.76 bits per heavy atom. The maximum absolute atomic E-state index is 9.69. The van der Waals surface area contributed by atoms with Crippen LogP contribution in [0.5, 0.6) is 0 Å². The molecule has 2 aromatic carbocycles. The van der Waals surface area contributed by atoms with Crippen LogP contribution in [0.4, 0.5) is 0 Å². The molecule has 0 amide bonds. The summed E-state index contributed by atoms with van der Waals surface area (Å²) in [5.74, 6) is 0. The molecule has 0 heterocycles. The van der Waals surface area contributed by atoms with Gasteiger partial charge < -0.3 is 14.5 Å². The quantitative estimate of drug-likeness (QED) is 0.317. The summed E-state index contributed by atoms with van der Waals surface area (Å²) in [5.41, 5.74) is 6.78. The van der Waals surface area contributed by atoms with E-state index >= 15 is 0 Å². The first-order chi connectivity index (χ1) is 16.9. The van der Waals surface area contributed by atoms with Crippen molar-refractivity contribution in [2.45, 2.75) is 125 Å². The van der Waals surface area contributed by atoms with Gasteiger partial charge in [0.15, 0.2) is 8.32 Å².